The molecule has 4 heterocycles. The first-order chi connectivity index (χ1) is 16.1. The van der Waals surface area contributed by atoms with Gasteiger partial charge in [0.2, 0.25) is 0 Å². The van der Waals surface area contributed by atoms with E-state index in [4.69, 9.17) is 5.11 Å². The van der Waals surface area contributed by atoms with Crippen LogP contribution in [-0.4, -0.2) is 56.3 Å². The van der Waals surface area contributed by atoms with Crippen molar-refractivity contribution in [3.8, 4) is 0 Å². The van der Waals surface area contributed by atoms with Crippen molar-refractivity contribution < 1.29 is 14.7 Å². The van der Waals surface area contributed by atoms with Gasteiger partial charge in [-0.3, -0.25) is 9.78 Å². The van der Waals surface area contributed by atoms with Crippen LogP contribution in [0.2, 0.25) is 0 Å². The van der Waals surface area contributed by atoms with Crippen LogP contribution in [0.3, 0.4) is 0 Å². The van der Waals surface area contributed by atoms with Gasteiger partial charge < -0.3 is 20.6 Å². The number of hydrogen-bond donors (Lipinski definition) is 3. The second-order valence-electron chi connectivity index (χ2n) is 8.08. The molecule has 33 heavy (non-hydrogen) atoms. The van der Waals surface area contributed by atoms with E-state index in [0.717, 1.165) is 42.5 Å². The normalized spacial score (nSPS) is 14.5. The minimum absolute atomic E-state index is 0.284. The van der Waals surface area contributed by atoms with Gasteiger partial charge >= 0.3 is 6.09 Å². The van der Waals surface area contributed by atoms with Gasteiger partial charge in [0.1, 0.15) is 5.56 Å². The first-order valence-corrected chi connectivity index (χ1v) is 10.8. The number of pyridine rings is 1. The number of aromatic nitrogens is 4. The predicted octanol–water partition coefficient (Wildman–Crippen LogP) is 3.01. The molecule has 10 nitrogen and oxygen atoms in total. The molecule has 1 fully saturated rings. The van der Waals surface area contributed by atoms with E-state index in [2.05, 4.69) is 30.6 Å². The summed E-state index contributed by atoms with van der Waals surface area (Å²) in [6.45, 7) is 1.96. The van der Waals surface area contributed by atoms with Crippen molar-refractivity contribution in [2.75, 3.05) is 29.9 Å². The summed E-state index contributed by atoms with van der Waals surface area (Å²) in [5.74, 6) is 0.00700. The fourth-order valence-electron chi connectivity index (χ4n) is 4.26. The summed E-state index contributed by atoms with van der Waals surface area (Å²) < 4.78 is 1.57. The van der Waals surface area contributed by atoms with Gasteiger partial charge in [-0.1, -0.05) is 6.07 Å². The average molecular weight is 445 g/mol. The van der Waals surface area contributed by atoms with Crippen molar-refractivity contribution in [1.29, 1.82) is 0 Å². The molecule has 0 bridgehead atoms. The van der Waals surface area contributed by atoms with Crippen molar-refractivity contribution in [2.24, 2.45) is 5.92 Å². The molecule has 0 unspecified atom stereocenters. The van der Waals surface area contributed by atoms with Crippen molar-refractivity contribution in [3.05, 3.63) is 60.7 Å². The summed E-state index contributed by atoms with van der Waals surface area (Å²) >= 11 is 0. The fraction of sp³-hybridized carbons (Fsp3) is 0.261. The Balaban J connectivity index is 1.42. The SMILES string of the molecule is O=C(O)NCC1CCN(c2cc3ncccc3cc2NC(=O)c2cnn3cccnc23)CC1. The molecule has 5 rings (SSSR count). The minimum Gasteiger partial charge on any atom is -0.465 e. The first kappa shape index (κ1) is 20.7. The lowest BCUT2D eigenvalue weighted by Gasteiger charge is -2.34. The molecule has 1 saturated heterocycles. The lowest BCUT2D eigenvalue weighted by molar-refractivity contribution is 0.102. The number of anilines is 2. The number of nitrogens with one attached hydrogen (secondary N) is 2. The van der Waals surface area contributed by atoms with E-state index in [1.807, 2.05) is 24.3 Å². The quantitative estimate of drug-likeness (QED) is 0.431. The van der Waals surface area contributed by atoms with Crippen LogP contribution < -0.4 is 15.5 Å². The maximum absolute atomic E-state index is 13.2. The Bertz CT molecular complexity index is 1330. The minimum atomic E-state index is -0.995. The number of benzene rings is 1. The van der Waals surface area contributed by atoms with Gasteiger partial charge in [0.05, 0.1) is 23.1 Å². The molecule has 2 amide bonds. The van der Waals surface area contributed by atoms with Gasteiger partial charge in [-0.25, -0.2) is 14.3 Å². The molecule has 168 valence electrons. The molecule has 4 aromatic rings. The van der Waals surface area contributed by atoms with Crippen molar-refractivity contribution in [2.45, 2.75) is 12.8 Å². The van der Waals surface area contributed by atoms with Crippen molar-refractivity contribution in [1.82, 2.24) is 24.9 Å². The number of nitrogens with zero attached hydrogens (tertiary/aromatic N) is 5. The van der Waals surface area contributed by atoms with Crippen LogP contribution in [0.15, 0.2) is 55.1 Å². The molecule has 0 radical (unpaired) electrons. The highest BCUT2D eigenvalue weighted by molar-refractivity contribution is 6.10. The number of piperidine rings is 1. The van der Waals surface area contributed by atoms with E-state index in [-0.39, 0.29) is 5.91 Å². The van der Waals surface area contributed by atoms with Crippen LogP contribution in [0.25, 0.3) is 16.6 Å². The molecule has 0 spiro atoms. The van der Waals surface area contributed by atoms with Crippen LogP contribution in [0.1, 0.15) is 23.2 Å². The number of carbonyl (C=O) groups excluding carboxylic acids is 1. The highest BCUT2D eigenvalue weighted by Crippen LogP contribution is 2.34. The summed E-state index contributed by atoms with van der Waals surface area (Å²) in [5, 5.41) is 19.5. The lowest BCUT2D eigenvalue weighted by Crippen LogP contribution is -2.38. The number of amides is 2. The zero-order valence-electron chi connectivity index (χ0n) is 17.8. The number of rotatable bonds is 5. The van der Waals surface area contributed by atoms with Gasteiger partial charge in [0.15, 0.2) is 5.65 Å². The Hall–Kier alpha value is -4.21. The van der Waals surface area contributed by atoms with Gasteiger partial charge in [0.25, 0.3) is 5.91 Å². The third-order valence-corrected chi connectivity index (χ3v) is 5.99. The second kappa shape index (κ2) is 8.73. The van der Waals surface area contributed by atoms with Gasteiger partial charge in [0, 0.05) is 43.6 Å². The van der Waals surface area contributed by atoms with Crippen LogP contribution in [0.4, 0.5) is 16.2 Å². The number of carboxylic acid groups (broad SMARTS) is 1. The Morgan fingerprint density at radius 2 is 1.94 bits per heavy atom. The van der Waals surface area contributed by atoms with Crippen molar-refractivity contribution >= 4 is 39.9 Å². The van der Waals surface area contributed by atoms with E-state index in [1.54, 1.807) is 29.2 Å². The van der Waals surface area contributed by atoms with Gasteiger partial charge in [-0.2, -0.15) is 5.10 Å². The number of fused-ring (bicyclic) bond motifs is 2. The third kappa shape index (κ3) is 4.27. The molecule has 0 atom stereocenters. The zero-order chi connectivity index (χ0) is 22.8. The first-order valence-electron chi connectivity index (χ1n) is 10.8. The smallest absolute Gasteiger partial charge is 0.404 e. The average Bonchev–Trinajstić information content (AvgIpc) is 3.27. The summed E-state index contributed by atoms with van der Waals surface area (Å²) in [6.07, 6.45) is 7.35. The molecule has 10 heteroatoms. The Labute approximate surface area is 189 Å². The van der Waals surface area contributed by atoms with E-state index in [1.165, 1.54) is 6.20 Å². The van der Waals surface area contributed by atoms with E-state index >= 15 is 0 Å². The van der Waals surface area contributed by atoms with Crippen LogP contribution in [-0.2, 0) is 0 Å². The number of carbonyl (C=O) groups is 2. The third-order valence-electron chi connectivity index (χ3n) is 5.99. The molecule has 3 N–H and O–H groups in total. The zero-order valence-corrected chi connectivity index (χ0v) is 17.8. The Morgan fingerprint density at radius 1 is 1.12 bits per heavy atom. The Kier molecular flexibility index (Phi) is 5.47. The maximum atomic E-state index is 13.2. The maximum Gasteiger partial charge on any atom is 0.404 e. The van der Waals surface area contributed by atoms with E-state index in [9.17, 15) is 9.59 Å². The van der Waals surface area contributed by atoms with Gasteiger partial charge in [-0.15, -0.1) is 0 Å². The molecule has 0 saturated carbocycles. The monoisotopic (exact) mass is 445 g/mol. The standard InChI is InChI=1S/C23H23N7O3/c31-22(17-14-27-30-8-2-7-25-21(17)30)28-19-11-16-3-1-6-24-18(16)12-20(19)29-9-4-15(5-10-29)13-26-23(32)33/h1-3,6-8,11-12,14-15,26H,4-5,9-10,13H2,(H,28,31)(H,32,33). The second-order valence-corrected chi connectivity index (χ2v) is 8.08. The highest BCUT2D eigenvalue weighted by Gasteiger charge is 2.23. The van der Waals surface area contributed by atoms with Crippen LogP contribution >= 0.6 is 0 Å². The molecular weight excluding hydrogens is 422 g/mol. The van der Waals surface area contributed by atoms with E-state index < -0.39 is 6.09 Å². The van der Waals surface area contributed by atoms with Gasteiger partial charge in [-0.05, 0) is 43.0 Å². The predicted molar refractivity (Wildman–Crippen MR) is 124 cm³/mol. The lowest BCUT2D eigenvalue weighted by atomic mass is 9.96. The van der Waals surface area contributed by atoms with E-state index in [0.29, 0.717) is 29.4 Å². The molecule has 0 aliphatic carbocycles. The summed E-state index contributed by atoms with van der Waals surface area (Å²) in [5.41, 5.74) is 3.32. The Morgan fingerprint density at radius 3 is 2.76 bits per heavy atom. The molecule has 3 aromatic heterocycles. The summed E-state index contributed by atoms with van der Waals surface area (Å²) in [7, 11) is 0. The fourth-order valence-corrected chi connectivity index (χ4v) is 4.26. The largest absolute Gasteiger partial charge is 0.465 e. The van der Waals surface area contributed by atoms with Crippen LogP contribution in [0.5, 0.6) is 0 Å². The highest BCUT2D eigenvalue weighted by atomic mass is 16.4. The molecule has 1 aliphatic heterocycles. The van der Waals surface area contributed by atoms with Crippen LogP contribution in [0, 0.1) is 5.92 Å². The van der Waals surface area contributed by atoms with Crippen molar-refractivity contribution in [3.63, 3.8) is 0 Å². The molecular formula is C23H23N7O3. The summed E-state index contributed by atoms with van der Waals surface area (Å²) in [6, 6.07) is 9.51. The topological polar surface area (TPSA) is 125 Å². The molecule has 1 aromatic carbocycles. The molecule has 1 aliphatic rings. The number of hydrogen-bond acceptors (Lipinski definition) is 6. The summed E-state index contributed by atoms with van der Waals surface area (Å²) in [4.78, 5) is 34.9.